The molecule has 3 rings (SSSR count). The molecule has 2 aliphatic rings. The summed E-state index contributed by atoms with van der Waals surface area (Å²) in [6.45, 7) is 4.06. The number of nitrogens with zero attached hydrogens (tertiary/aromatic N) is 1. The van der Waals surface area contributed by atoms with Crippen LogP contribution in [0.25, 0.3) is 0 Å². The van der Waals surface area contributed by atoms with Crippen molar-refractivity contribution in [2.75, 3.05) is 19.7 Å². The van der Waals surface area contributed by atoms with Crippen molar-refractivity contribution in [1.82, 2.24) is 10.2 Å². The fourth-order valence-electron chi connectivity index (χ4n) is 3.79. The first-order chi connectivity index (χ1) is 16.9. The van der Waals surface area contributed by atoms with E-state index in [2.05, 4.69) is 10.1 Å². The van der Waals surface area contributed by atoms with Gasteiger partial charge in [0.1, 0.15) is 12.1 Å². The summed E-state index contributed by atoms with van der Waals surface area (Å²) in [6, 6.07) is 4.69. The summed E-state index contributed by atoms with van der Waals surface area (Å²) >= 11 is 0. The first-order valence-corrected chi connectivity index (χ1v) is 12.1. The number of alkyl carbamates (subject to hydrolysis) is 1. The number of nitrogens with one attached hydrogen (secondary N) is 1. The molecule has 1 saturated carbocycles. The minimum atomic E-state index is -2.99. The first-order valence-electron chi connectivity index (χ1n) is 12.1. The number of esters is 1. The van der Waals surface area contributed by atoms with Crippen LogP contribution in [-0.4, -0.2) is 61.0 Å². The summed E-state index contributed by atoms with van der Waals surface area (Å²) in [5, 5.41) is 2.43. The van der Waals surface area contributed by atoms with Gasteiger partial charge in [-0.05, 0) is 57.2 Å². The van der Waals surface area contributed by atoms with Gasteiger partial charge in [0.15, 0.2) is 17.7 Å². The Morgan fingerprint density at radius 2 is 1.89 bits per heavy atom. The molecule has 1 aromatic rings. The third-order valence-corrected chi connectivity index (χ3v) is 5.74. The molecular weight excluding hydrogens is 478 g/mol. The fraction of sp³-hybridized carbons (Fsp3) is 0.640. The topological polar surface area (TPSA) is 103 Å². The molecule has 11 heteroatoms. The molecule has 36 heavy (non-hydrogen) atoms. The summed E-state index contributed by atoms with van der Waals surface area (Å²) in [5.41, 5.74) is 0.0141. The zero-order valence-electron chi connectivity index (χ0n) is 21.1. The van der Waals surface area contributed by atoms with Crippen LogP contribution in [0.3, 0.4) is 0 Å². The number of rotatable bonds is 10. The quantitative estimate of drug-likeness (QED) is 0.469. The maximum Gasteiger partial charge on any atom is 0.408 e. The number of amides is 2. The molecule has 0 aromatic heterocycles. The van der Waals surface area contributed by atoms with E-state index in [1.165, 1.54) is 11.0 Å². The van der Waals surface area contributed by atoms with Crippen LogP contribution in [0.1, 0.15) is 64.9 Å². The zero-order chi connectivity index (χ0) is 26.5. The van der Waals surface area contributed by atoms with Crippen molar-refractivity contribution >= 4 is 18.0 Å². The predicted octanol–water partition coefficient (Wildman–Crippen LogP) is 4.20. The highest BCUT2D eigenvalue weighted by molar-refractivity contribution is 5.83. The van der Waals surface area contributed by atoms with Crippen molar-refractivity contribution in [3.05, 3.63) is 23.8 Å². The smallest absolute Gasteiger partial charge is 0.408 e. The molecule has 0 spiro atoms. The lowest BCUT2D eigenvalue weighted by atomic mass is 9.97. The van der Waals surface area contributed by atoms with Gasteiger partial charge in [0.25, 0.3) is 0 Å². The largest absolute Gasteiger partial charge is 0.489 e. The Kier molecular flexibility index (Phi) is 8.97. The van der Waals surface area contributed by atoms with Crippen molar-refractivity contribution in [3.63, 3.8) is 0 Å². The Balaban J connectivity index is 1.73. The van der Waals surface area contributed by atoms with Gasteiger partial charge in [-0.3, -0.25) is 9.59 Å². The number of alkyl halides is 2. The second kappa shape index (κ2) is 11.7. The Morgan fingerprint density at radius 1 is 1.17 bits per heavy atom. The second-order valence-electron chi connectivity index (χ2n) is 9.97. The van der Waals surface area contributed by atoms with Gasteiger partial charge in [-0.1, -0.05) is 13.0 Å². The van der Waals surface area contributed by atoms with E-state index in [9.17, 15) is 23.2 Å². The van der Waals surface area contributed by atoms with Crippen LogP contribution in [0.4, 0.5) is 13.6 Å². The van der Waals surface area contributed by atoms with Crippen LogP contribution in [-0.2, 0) is 19.1 Å². The standard InChI is InChI=1S/C25H34F2N2O7/c1-5-22(31)35-21-11-17(13-29(21)20(30)12-28-24(32)36-25(2,3)4)16-8-9-18(34-23(26)27)19(10-16)33-14-15-6-7-15/h8-10,15,17,21,23H,5-7,11-14H2,1-4H3,(H,28,32)/t17?,21-/m0/s1. The molecule has 1 unspecified atom stereocenters. The lowest BCUT2D eigenvalue weighted by Gasteiger charge is -2.25. The minimum Gasteiger partial charge on any atom is -0.489 e. The molecule has 1 aliphatic carbocycles. The molecule has 1 aliphatic heterocycles. The summed E-state index contributed by atoms with van der Waals surface area (Å²) < 4.78 is 46.8. The molecule has 2 atom stereocenters. The highest BCUT2D eigenvalue weighted by Gasteiger charge is 2.38. The summed E-state index contributed by atoms with van der Waals surface area (Å²) in [4.78, 5) is 38.3. The Bertz CT molecular complexity index is 947. The molecule has 1 aromatic carbocycles. The first kappa shape index (κ1) is 27.5. The van der Waals surface area contributed by atoms with Gasteiger partial charge in [0.2, 0.25) is 5.91 Å². The van der Waals surface area contributed by atoms with Crippen molar-refractivity contribution < 1.29 is 42.1 Å². The van der Waals surface area contributed by atoms with Gasteiger partial charge >= 0.3 is 18.7 Å². The number of carbonyl (C=O) groups is 3. The molecule has 9 nitrogen and oxygen atoms in total. The lowest BCUT2D eigenvalue weighted by molar-refractivity contribution is -0.160. The van der Waals surface area contributed by atoms with E-state index < -0.39 is 36.4 Å². The summed E-state index contributed by atoms with van der Waals surface area (Å²) in [7, 11) is 0. The molecule has 200 valence electrons. The number of carbonyl (C=O) groups excluding carboxylic acids is 3. The van der Waals surface area contributed by atoms with Crippen LogP contribution in [0.15, 0.2) is 18.2 Å². The van der Waals surface area contributed by atoms with Crippen LogP contribution < -0.4 is 14.8 Å². The summed E-state index contributed by atoms with van der Waals surface area (Å²) in [6.07, 6.45) is 0.946. The normalized spacial score (nSPS) is 19.7. The Hall–Kier alpha value is -3.11. The number of ether oxygens (including phenoxy) is 4. The number of benzene rings is 1. The van der Waals surface area contributed by atoms with Crippen LogP contribution >= 0.6 is 0 Å². The summed E-state index contributed by atoms with van der Waals surface area (Å²) in [5.74, 6) is -0.612. The fourth-order valence-corrected chi connectivity index (χ4v) is 3.79. The van der Waals surface area contributed by atoms with Gasteiger partial charge in [0.05, 0.1) is 6.61 Å². The van der Waals surface area contributed by atoms with E-state index >= 15 is 0 Å². The highest BCUT2D eigenvalue weighted by atomic mass is 19.3. The monoisotopic (exact) mass is 512 g/mol. The average Bonchev–Trinajstić information content (AvgIpc) is 3.53. The maximum absolute atomic E-state index is 12.9. The zero-order valence-corrected chi connectivity index (χ0v) is 21.1. The minimum absolute atomic E-state index is 0.0594. The van der Waals surface area contributed by atoms with E-state index in [0.29, 0.717) is 18.9 Å². The molecule has 1 N–H and O–H groups in total. The van der Waals surface area contributed by atoms with E-state index in [-0.39, 0.29) is 36.9 Å². The third-order valence-electron chi connectivity index (χ3n) is 5.74. The van der Waals surface area contributed by atoms with Crippen LogP contribution in [0, 0.1) is 5.92 Å². The maximum atomic E-state index is 12.9. The second-order valence-corrected chi connectivity index (χ2v) is 9.97. The van der Waals surface area contributed by atoms with Gasteiger partial charge in [-0.25, -0.2) is 4.79 Å². The SMILES string of the molecule is CCC(=O)O[C@H]1CC(c2ccc(OC(F)F)c(OCC3CC3)c2)CN1C(=O)CNC(=O)OC(C)(C)C. The van der Waals surface area contributed by atoms with Crippen molar-refractivity contribution in [2.24, 2.45) is 5.92 Å². The average molecular weight is 513 g/mol. The van der Waals surface area contributed by atoms with E-state index in [1.807, 2.05) is 0 Å². The van der Waals surface area contributed by atoms with Gasteiger partial charge in [-0.15, -0.1) is 0 Å². The molecular formula is C25H34F2N2O7. The highest BCUT2D eigenvalue weighted by Crippen LogP contribution is 2.39. The van der Waals surface area contributed by atoms with E-state index in [4.69, 9.17) is 14.2 Å². The molecule has 0 radical (unpaired) electrons. The van der Waals surface area contributed by atoms with Gasteiger partial charge in [-0.2, -0.15) is 8.78 Å². The molecule has 2 fully saturated rings. The van der Waals surface area contributed by atoms with Crippen molar-refractivity contribution in [2.45, 2.75) is 77.7 Å². The Morgan fingerprint density at radius 3 is 2.50 bits per heavy atom. The molecule has 2 amide bonds. The Labute approximate surface area is 209 Å². The third kappa shape index (κ3) is 8.23. The molecule has 1 saturated heterocycles. The number of likely N-dealkylation sites (tertiary alicyclic amines) is 1. The number of hydrogen-bond acceptors (Lipinski definition) is 7. The molecule has 1 heterocycles. The van der Waals surface area contributed by atoms with Gasteiger partial charge in [0, 0.05) is 25.3 Å². The van der Waals surface area contributed by atoms with Crippen LogP contribution in [0.5, 0.6) is 11.5 Å². The van der Waals surface area contributed by atoms with Crippen LogP contribution in [0.2, 0.25) is 0 Å². The lowest BCUT2D eigenvalue weighted by Crippen LogP contribution is -2.45. The number of halogens is 2. The number of hydrogen-bond donors (Lipinski definition) is 1. The molecule has 0 bridgehead atoms. The predicted molar refractivity (Wildman–Crippen MR) is 125 cm³/mol. The van der Waals surface area contributed by atoms with Gasteiger partial charge < -0.3 is 29.2 Å². The van der Waals surface area contributed by atoms with Crippen molar-refractivity contribution in [3.8, 4) is 11.5 Å². The van der Waals surface area contributed by atoms with E-state index in [1.54, 1.807) is 39.8 Å². The van der Waals surface area contributed by atoms with E-state index in [0.717, 1.165) is 18.4 Å². The van der Waals surface area contributed by atoms with Crippen molar-refractivity contribution in [1.29, 1.82) is 0 Å².